The molecule has 0 radical (unpaired) electrons. The van der Waals surface area contributed by atoms with Gasteiger partial charge in [-0.25, -0.2) is 9.18 Å². The molecule has 1 aliphatic rings. The van der Waals surface area contributed by atoms with E-state index in [9.17, 15) is 9.18 Å². The predicted molar refractivity (Wildman–Crippen MR) is 112 cm³/mol. The van der Waals surface area contributed by atoms with Crippen LogP contribution in [0, 0.1) is 5.82 Å². The molecule has 4 rings (SSSR count). The summed E-state index contributed by atoms with van der Waals surface area (Å²) in [4.78, 5) is 18.9. The monoisotopic (exact) mass is 426 g/mol. The Bertz CT molecular complexity index is 1110. The number of carbonyl (C=O) groups excluding carboxylic acids is 1. The smallest absolute Gasteiger partial charge is 0.322 e. The highest BCUT2D eigenvalue weighted by molar-refractivity contribution is 6.30. The van der Waals surface area contributed by atoms with Gasteiger partial charge in [0.2, 0.25) is 5.82 Å². The van der Waals surface area contributed by atoms with Crippen molar-refractivity contribution in [3.8, 4) is 11.4 Å². The Morgan fingerprint density at radius 1 is 1.23 bits per heavy atom. The molecule has 0 spiro atoms. The summed E-state index contributed by atoms with van der Waals surface area (Å²) in [6.07, 6.45) is 0.796. The van der Waals surface area contributed by atoms with Gasteiger partial charge >= 0.3 is 6.03 Å². The third kappa shape index (κ3) is 3.80. The first-order valence-corrected chi connectivity index (χ1v) is 10.00. The number of benzene rings is 2. The Hall–Kier alpha value is -3.19. The van der Waals surface area contributed by atoms with Crippen LogP contribution >= 0.6 is 11.6 Å². The van der Waals surface area contributed by atoms with Gasteiger partial charge in [-0.2, -0.15) is 4.98 Å². The van der Waals surface area contributed by atoms with E-state index < -0.39 is 6.04 Å². The number of aromatic nitrogens is 2. The summed E-state index contributed by atoms with van der Waals surface area (Å²) in [5.41, 5.74) is 2.88. The van der Waals surface area contributed by atoms with E-state index in [0.29, 0.717) is 28.5 Å². The zero-order valence-electron chi connectivity index (χ0n) is 16.5. The molecule has 1 atom stereocenters. The Kier molecular flexibility index (Phi) is 5.55. The van der Waals surface area contributed by atoms with Crippen molar-refractivity contribution in [3.63, 3.8) is 0 Å². The molecule has 0 saturated heterocycles. The molecule has 3 aromatic rings. The highest BCUT2D eigenvalue weighted by Gasteiger charge is 2.35. The summed E-state index contributed by atoms with van der Waals surface area (Å²) in [5, 5.41) is 7.65. The fourth-order valence-electron chi connectivity index (χ4n) is 3.54. The third-order valence-corrected chi connectivity index (χ3v) is 5.22. The fourth-order valence-corrected chi connectivity index (χ4v) is 3.74. The molecule has 30 heavy (non-hydrogen) atoms. The molecule has 2 amide bonds. The van der Waals surface area contributed by atoms with Gasteiger partial charge in [-0.15, -0.1) is 0 Å². The van der Waals surface area contributed by atoms with Gasteiger partial charge in [0.05, 0.1) is 11.6 Å². The largest absolute Gasteiger partial charge is 0.334 e. The van der Waals surface area contributed by atoms with E-state index >= 15 is 0 Å². The third-order valence-electron chi connectivity index (χ3n) is 4.98. The minimum Gasteiger partial charge on any atom is -0.334 e. The summed E-state index contributed by atoms with van der Waals surface area (Å²) in [6, 6.07) is 12.5. The van der Waals surface area contributed by atoms with Crippen molar-refractivity contribution >= 4 is 23.2 Å². The Morgan fingerprint density at radius 3 is 2.70 bits per heavy atom. The Balaban J connectivity index is 1.81. The minimum absolute atomic E-state index is 0.193. The van der Waals surface area contributed by atoms with Crippen molar-refractivity contribution in [2.45, 2.75) is 26.3 Å². The molecule has 0 saturated carbocycles. The van der Waals surface area contributed by atoms with Gasteiger partial charge in [0.25, 0.3) is 5.89 Å². The summed E-state index contributed by atoms with van der Waals surface area (Å²) in [5.74, 6) is 0.291. The molecule has 1 unspecified atom stereocenters. The second-order valence-electron chi connectivity index (χ2n) is 7.02. The number of hydrogen-bond donors (Lipinski definition) is 1. The quantitative estimate of drug-likeness (QED) is 0.590. The van der Waals surface area contributed by atoms with E-state index in [0.717, 1.165) is 17.7 Å². The number of halogens is 2. The van der Waals surface area contributed by atoms with E-state index in [1.807, 2.05) is 26.0 Å². The fraction of sp³-hybridized carbons (Fsp3) is 0.227. The van der Waals surface area contributed by atoms with Gasteiger partial charge in [0.1, 0.15) is 5.82 Å². The van der Waals surface area contributed by atoms with Crippen molar-refractivity contribution in [1.29, 1.82) is 0 Å². The maximum atomic E-state index is 13.2. The normalized spacial score (nSPS) is 16.7. The lowest BCUT2D eigenvalue weighted by atomic mass is 9.94. The van der Waals surface area contributed by atoms with Crippen LogP contribution in [0.1, 0.15) is 37.8 Å². The lowest BCUT2D eigenvalue weighted by Gasteiger charge is -2.35. The van der Waals surface area contributed by atoms with Crippen molar-refractivity contribution < 1.29 is 13.7 Å². The first kappa shape index (κ1) is 20.1. The number of nitrogens with one attached hydrogen (secondary N) is 1. The molecule has 8 heteroatoms. The van der Waals surface area contributed by atoms with Gasteiger partial charge < -0.3 is 9.84 Å². The predicted octanol–water partition coefficient (Wildman–Crippen LogP) is 5.44. The van der Waals surface area contributed by atoms with Crippen molar-refractivity contribution in [2.75, 3.05) is 6.54 Å². The van der Waals surface area contributed by atoms with Crippen LogP contribution < -0.4 is 5.32 Å². The highest BCUT2D eigenvalue weighted by Crippen LogP contribution is 2.37. The van der Waals surface area contributed by atoms with Crippen LogP contribution in [0.15, 0.2) is 58.8 Å². The van der Waals surface area contributed by atoms with Crippen LogP contribution in [0.2, 0.25) is 5.02 Å². The maximum absolute atomic E-state index is 13.2. The maximum Gasteiger partial charge on any atom is 0.322 e. The molecule has 0 fully saturated rings. The topological polar surface area (TPSA) is 71.3 Å². The molecule has 1 aliphatic heterocycles. The summed E-state index contributed by atoms with van der Waals surface area (Å²) < 4.78 is 18.8. The van der Waals surface area contributed by atoms with Crippen molar-refractivity contribution in [2.24, 2.45) is 0 Å². The first-order valence-electron chi connectivity index (χ1n) is 9.62. The Morgan fingerprint density at radius 2 is 2.00 bits per heavy atom. The number of nitrogens with zero attached hydrogens (tertiary/aromatic N) is 3. The average molecular weight is 427 g/mol. The van der Waals surface area contributed by atoms with Crippen LogP contribution in [-0.4, -0.2) is 27.6 Å². The van der Waals surface area contributed by atoms with Crippen molar-refractivity contribution in [1.82, 2.24) is 20.4 Å². The average Bonchev–Trinajstić information content (AvgIpc) is 3.21. The van der Waals surface area contributed by atoms with E-state index in [2.05, 4.69) is 15.5 Å². The second-order valence-corrected chi connectivity index (χ2v) is 7.45. The van der Waals surface area contributed by atoms with Gasteiger partial charge in [-0.1, -0.05) is 35.8 Å². The summed E-state index contributed by atoms with van der Waals surface area (Å²) in [6.45, 7) is 4.42. The van der Waals surface area contributed by atoms with Crippen LogP contribution in [0.5, 0.6) is 0 Å². The molecule has 0 bridgehead atoms. The molecular weight excluding hydrogens is 407 g/mol. The van der Waals surface area contributed by atoms with Crippen LogP contribution in [0.25, 0.3) is 17.0 Å². The summed E-state index contributed by atoms with van der Waals surface area (Å²) in [7, 11) is 0. The number of rotatable bonds is 5. The lowest BCUT2D eigenvalue weighted by molar-refractivity contribution is 0.205. The number of carbonyl (C=O) groups is 1. The van der Waals surface area contributed by atoms with Gasteiger partial charge in [0, 0.05) is 22.8 Å². The van der Waals surface area contributed by atoms with E-state index in [-0.39, 0.29) is 17.7 Å². The standard InChI is InChI=1S/C22H20ClFN4O2/c1-3-11-28-13(2)18(19(25-22(28)29)15-5-4-6-16(23)12-15)21-26-20(27-30-21)14-7-9-17(24)10-8-14/h4-10,12,19H,3,11H2,1-2H3,(H,25,29). The van der Waals surface area contributed by atoms with Crippen LogP contribution in [0.3, 0.4) is 0 Å². The molecular formula is C22H20ClFN4O2. The molecule has 6 nitrogen and oxygen atoms in total. The minimum atomic E-state index is -0.495. The van der Waals surface area contributed by atoms with Crippen LogP contribution in [0.4, 0.5) is 9.18 Å². The molecule has 1 N–H and O–H groups in total. The summed E-state index contributed by atoms with van der Waals surface area (Å²) >= 11 is 6.18. The number of hydrogen-bond acceptors (Lipinski definition) is 4. The van der Waals surface area contributed by atoms with Crippen LogP contribution in [-0.2, 0) is 0 Å². The van der Waals surface area contributed by atoms with Gasteiger partial charge in [-0.3, -0.25) is 4.90 Å². The SMILES string of the molecule is CCCN1C(=O)NC(c2cccc(Cl)c2)C(c2nc(-c3ccc(F)cc3)no2)=C1C. The molecule has 2 aromatic carbocycles. The van der Waals surface area contributed by atoms with Crippen molar-refractivity contribution in [3.05, 3.63) is 76.5 Å². The molecule has 154 valence electrons. The number of allylic oxidation sites excluding steroid dienone is 1. The number of amides is 2. The Labute approximate surface area is 178 Å². The zero-order chi connectivity index (χ0) is 21.3. The molecule has 2 heterocycles. The number of urea groups is 1. The van der Waals surface area contributed by atoms with Gasteiger partial charge in [0.15, 0.2) is 0 Å². The first-order chi connectivity index (χ1) is 14.5. The molecule has 0 aliphatic carbocycles. The van der Waals surface area contributed by atoms with E-state index in [4.69, 9.17) is 16.1 Å². The zero-order valence-corrected chi connectivity index (χ0v) is 17.3. The second kappa shape index (κ2) is 8.28. The van der Waals surface area contributed by atoms with Gasteiger partial charge in [-0.05, 0) is 55.3 Å². The molecule has 1 aromatic heterocycles. The van der Waals surface area contributed by atoms with E-state index in [1.165, 1.54) is 12.1 Å². The lowest BCUT2D eigenvalue weighted by Crippen LogP contribution is -2.46. The highest BCUT2D eigenvalue weighted by atomic mass is 35.5. The van der Waals surface area contributed by atoms with E-state index in [1.54, 1.807) is 29.2 Å².